The lowest BCUT2D eigenvalue weighted by Crippen LogP contribution is -2.30. The second kappa shape index (κ2) is 7.37. The molecular formula is C20H21N3O4S. The third kappa shape index (κ3) is 3.65. The van der Waals surface area contributed by atoms with Gasteiger partial charge >= 0.3 is 0 Å². The lowest BCUT2D eigenvalue weighted by atomic mass is 10.0. The molecule has 1 aliphatic rings. The molecule has 0 atom stereocenters. The van der Waals surface area contributed by atoms with Crippen LogP contribution >= 0.6 is 0 Å². The molecule has 2 heterocycles. The number of para-hydroxylation sites is 1. The van der Waals surface area contributed by atoms with Gasteiger partial charge in [0.2, 0.25) is 15.9 Å². The molecule has 1 N–H and O–H groups in total. The number of hydrogen-bond acceptors (Lipinski definition) is 5. The highest BCUT2D eigenvalue weighted by atomic mass is 32.2. The van der Waals surface area contributed by atoms with Gasteiger partial charge in [0.05, 0.1) is 11.4 Å². The van der Waals surface area contributed by atoms with Crippen LogP contribution in [-0.4, -0.2) is 37.5 Å². The van der Waals surface area contributed by atoms with Crippen LogP contribution in [0.3, 0.4) is 0 Å². The van der Waals surface area contributed by atoms with Gasteiger partial charge in [0, 0.05) is 25.4 Å². The fourth-order valence-corrected chi connectivity index (χ4v) is 4.53. The van der Waals surface area contributed by atoms with Crippen LogP contribution in [0.25, 0.3) is 11.0 Å². The smallest absolute Gasteiger partial charge is 0.240 e. The Morgan fingerprint density at radius 2 is 1.89 bits per heavy atom. The van der Waals surface area contributed by atoms with E-state index in [1.165, 1.54) is 0 Å². The molecule has 3 aromatic rings. The number of carbonyl (C=O) groups is 1. The monoisotopic (exact) mass is 399 g/mol. The molecule has 28 heavy (non-hydrogen) atoms. The summed E-state index contributed by atoms with van der Waals surface area (Å²) in [6.45, 7) is 2.87. The van der Waals surface area contributed by atoms with Crippen molar-refractivity contribution in [3.05, 3.63) is 59.3 Å². The average Bonchev–Trinajstić information content (AvgIpc) is 2.97. The van der Waals surface area contributed by atoms with Gasteiger partial charge < -0.3 is 9.42 Å². The van der Waals surface area contributed by atoms with Gasteiger partial charge in [-0.15, -0.1) is 0 Å². The van der Waals surface area contributed by atoms with Gasteiger partial charge in [0.25, 0.3) is 0 Å². The van der Waals surface area contributed by atoms with Gasteiger partial charge in [-0.05, 0) is 48.2 Å². The van der Waals surface area contributed by atoms with Gasteiger partial charge in [-0.2, -0.15) is 0 Å². The van der Waals surface area contributed by atoms with Crippen molar-refractivity contribution >= 4 is 26.9 Å². The summed E-state index contributed by atoms with van der Waals surface area (Å²) in [5, 5.41) is 4.75. The lowest BCUT2D eigenvalue weighted by molar-refractivity contribution is -0.128. The van der Waals surface area contributed by atoms with Crippen LogP contribution in [0.2, 0.25) is 0 Å². The maximum absolute atomic E-state index is 12.8. The van der Waals surface area contributed by atoms with E-state index < -0.39 is 10.0 Å². The quantitative estimate of drug-likeness (QED) is 0.726. The van der Waals surface area contributed by atoms with Crippen molar-refractivity contribution in [3.63, 3.8) is 0 Å². The maximum atomic E-state index is 12.8. The van der Waals surface area contributed by atoms with Crippen molar-refractivity contribution in [2.24, 2.45) is 0 Å². The van der Waals surface area contributed by atoms with Crippen LogP contribution in [0, 0.1) is 0 Å². The summed E-state index contributed by atoms with van der Waals surface area (Å²) in [6.07, 6.45) is 1.37. The molecule has 0 bridgehead atoms. The highest BCUT2D eigenvalue weighted by Crippen LogP contribution is 2.22. The maximum Gasteiger partial charge on any atom is 0.240 e. The molecule has 146 valence electrons. The molecule has 0 fully saturated rings. The summed E-state index contributed by atoms with van der Waals surface area (Å²) in [5.74, 6) is 0.0437. The molecule has 1 aromatic heterocycles. The molecule has 8 heteroatoms. The summed E-state index contributed by atoms with van der Waals surface area (Å²) in [6, 6.07) is 12.5. The summed E-state index contributed by atoms with van der Waals surface area (Å²) < 4.78 is 33.4. The second-order valence-corrected chi connectivity index (χ2v) is 8.65. The Hall–Kier alpha value is -2.71. The zero-order chi connectivity index (χ0) is 19.7. The summed E-state index contributed by atoms with van der Waals surface area (Å²) in [7, 11) is -3.69. The zero-order valence-electron chi connectivity index (χ0n) is 15.5. The molecule has 7 nitrogen and oxygen atoms in total. The van der Waals surface area contributed by atoms with E-state index in [4.69, 9.17) is 4.52 Å². The first-order valence-electron chi connectivity index (χ1n) is 9.14. The number of nitrogens with one attached hydrogen (secondary N) is 1. The molecule has 4 rings (SSSR count). The second-order valence-electron chi connectivity index (χ2n) is 6.89. The Kier molecular flexibility index (Phi) is 4.91. The molecule has 0 aliphatic carbocycles. The third-order valence-electron chi connectivity index (χ3n) is 5.12. The Balaban J connectivity index is 1.53. The molecule has 0 saturated carbocycles. The Labute approximate surface area is 163 Å². The highest BCUT2D eigenvalue weighted by Gasteiger charge is 2.20. The van der Waals surface area contributed by atoms with E-state index in [1.54, 1.807) is 30.0 Å². The van der Waals surface area contributed by atoms with E-state index in [2.05, 4.69) is 9.88 Å². The lowest BCUT2D eigenvalue weighted by Gasteiger charge is -2.17. The van der Waals surface area contributed by atoms with Gasteiger partial charge in [0.1, 0.15) is 5.69 Å². The highest BCUT2D eigenvalue weighted by molar-refractivity contribution is 7.89. The molecule has 1 aliphatic heterocycles. The SMILES string of the molecule is CC(=O)N1CCc2ccc(S(=O)(=O)NCc3noc4ccccc34)cc2CC1. The third-order valence-corrected chi connectivity index (χ3v) is 6.52. The van der Waals surface area contributed by atoms with Crippen LogP contribution in [-0.2, 0) is 34.2 Å². The summed E-state index contributed by atoms with van der Waals surface area (Å²) in [5.41, 5.74) is 3.23. The molecule has 1 amide bonds. The van der Waals surface area contributed by atoms with Crippen molar-refractivity contribution in [1.82, 2.24) is 14.8 Å². The van der Waals surface area contributed by atoms with Crippen LogP contribution in [0.4, 0.5) is 0 Å². The minimum absolute atomic E-state index is 0.0437. The van der Waals surface area contributed by atoms with Crippen LogP contribution in [0.15, 0.2) is 51.9 Å². The zero-order valence-corrected chi connectivity index (χ0v) is 16.3. The number of carbonyl (C=O) groups excluding carboxylic acids is 1. The number of nitrogens with zero attached hydrogens (tertiary/aromatic N) is 2. The Bertz CT molecular complexity index is 1140. The normalized spacial score (nSPS) is 14.7. The minimum atomic E-state index is -3.69. The topological polar surface area (TPSA) is 92.5 Å². The number of sulfonamides is 1. The molecule has 0 saturated heterocycles. The van der Waals surface area contributed by atoms with E-state index in [-0.39, 0.29) is 17.3 Å². The Morgan fingerprint density at radius 3 is 2.68 bits per heavy atom. The van der Waals surface area contributed by atoms with E-state index in [0.717, 1.165) is 22.9 Å². The van der Waals surface area contributed by atoms with Crippen LogP contribution in [0.5, 0.6) is 0 Å². The van der Waals surface area contributed by atoms with Crippen molar-refractivity contribution in [1.29, 1.82) is 0 Å². The number of amides is 1. The minimum Gasteiger partial charge on any atom is -0.356 e. The Morgan fingerprint density at radius 1 is 1.14 bits per heavy atom. The molecule has 2 aromatic carbocycles. The van der Waals surface area contributed by atoms with E-state index in [9.17, 15) is 13.2 Å². The van der Waals surface area contributed by atoms with Crippen molar-refractivity contribution in [2.45, 2.75) is 31.2 Å². The van der Waals surface area contributed by atoms with Crippen molar-refractivity contribution in [3.8, 4) is 0 Å². The first kappa shape index (κ1) is 18.6. The van der Waals surface area contributed by atoms with Crippen LogP contribution < -0.4 is 4.72 Å². The molecule has 0 spiro atoms. The standard InChI is InChI=1S/C20H21N3O4S/c1-14(24)23-10-8-15-6-7-17(12-16(15)9-11-23)28(25,26)21-13-19-18-4-2-3-5-20(18)27-22-19/h2-7,12,21H,8-11,13H2,1H3. The first-order chi connectivity index (χ1) is 13.4. The molecular weight excluding hydrogens is 378 g/mol. The summed E-state index contributed by atoms with van der Waals surface area (Å²) in [4.78, 5) is 13.6. The van der Waals surface area contributed by atoms with E-state index in [1.807, 2.05) is 24.3 Å². The van der Waals surface area contributed by atoms with E-state index >= 15 is 0 Å². The molecule has 0 unspecified atom stereocenters. The summed E-state index contributed by atoms with van der Waals surface area (Å²) >= 11 is 0. The number of hydrogen-bond donors (Lipinski definition) is 1. The van der Waals surface area contributed by atoms with Gasteiger partial charge in [-0.3, -0.25) is 4.79 Å². The largest absolute Gasteiger partial charge is 0.356 e. The number of fused-ring (bicyclic) bond motifs is 2. The predicted octanol–water partition coefficient (Wildman–Crippen LogP) is 2.25. The fraction of sp³-hybridized carbons (Fsp3) is 0.300. The number of aromatic nitrogens is 1. The predicted molar refractivity (Wildman–Crippen MR) is 104 cm³/mol. The molecule has 0 radical (unpaired) electrons. The van der Waals surface area contributed by atoms with Crippen molar-refractivity contribution in [2.75, 3.05) is 13.1 Å². The fourth-order valence-electron chi connectivity index (χ4n) is 3.50. The van der Waals surface area contributed by atoms with Gasteiger partial charge in [0.15, 0.2) is 5.58 Å². The average molecular weight is 399 g/mol. The first-order valence-corrected chi connectivity index (χ1v) is 10.6. The number of rotatable bonds is 4. The number of benzene rings is 2. The van der Waals surface area contributed by atoms with Crippen molar-refractivity contribution < 1.29 is 17.7 Å². The van der Waals surface area contributed by atoms with Gasteiger partial charge in [-0.1, -0.05) is 23.4 Å². The van der Waals surface area contributed by atoms with Crippen LogP contribution in [0.1, 0.15) is 23.7 Å². The van der Waals surface area contributed by atoms with E-state index in [0.29, 0.717) is 30.8 Å². The van der Waals surface area contributed by atoms with Gasteiger partial charge in [-0.25, -0.2) is 13.1 Å².